The number of hydrogen-bond donors (Lipinski definition) is 1. The first-order chi connectivity index (χ1) is 11.0. The summed E-state index contributed by atoms with van der Waals surface area (Å²) in [6.07, 6.45) is 0.693. The number of fused-ring (bicyclic) bond motifs is 1. The van der Waals surface area contributed by atoms with Crippen LogP contribution in [0.25, 0.3) is 10.8 Å². The van der Waals surface area contributed by atoms with E-state index in [4.69, 9.17) is 9.47 Å². The molecule has 0 aliphatic carbocycles. The smallest absolute Gasteiger partial charge is 0.338 e. The van der Waals surface area contributed by atoms with Gasteiger partial charge in [-0.05, 0) is 23.9 Å². The number of alkyl halides is 1. The summed E-state index contributed by atoms with van der Waals surface area (Å²) >= 11 is 2.01. The molecule has 0 saturated heterocycles. The predicted octanol–water partition coefficient (Wildman–Crippen LogP) is 3.46. The zero-order valence-corrected chi connectivity index (χ0v) is 14.8. The monoisotopic (exact) mass is 428 g/mol. The number of esters is 2. The van der Waals surface area contributed by atoms with E-state index < -0.39 is 5.97 Å². The van der Waals surface area contributed by atoms with Crippen LogP contribution in [0.1, 0.15) is 23.7 Å². The van der Waals surface area contributed by atoms with Gasteiger partial charge >= 0.3 is 11.9 Å². The van der Waals surface area contributed by atoms with Gasteiger partial charge in [0.25, 0.3) is 0 Å². The molecule has 0 bridgehead atoms. The first-order valence-electron chi connectivity index (χ1n) is 7.23. The summed E-state index contributed by atoms with van der Waals surface area (Å²) < 4.78 is 9.97. The lowest BCUT2D eigenvalue weighted by Crippen LogP contribution is -2.20. The lowest BCUT2D eigenvalue weighted by Gasteiger charge is -2.10. The fraction of sp³-hybridized carbons (Fsp3) is 0.294. The van der Waals surface area contributed by atoms with Crippen LogP contribution < -0.4 is 0 Å². The average Bonchev–Trinajstić information content (AvgIpc) is 2.57. The van der Waals surface area contributed by atoms with Crippen LogP contribution in [0.2, 0.25) is 0 Å². The van der Waals surface area contributed by atoms with Crippen molar-refractivity contribution >= 4 is 45.3 Å². The number of aromatic hydroxyl groups is 1. The molecule has 0 saturated carbocycles. The minimum Gasteiger partial charge on any atom is -0.507 e. The maximum atomic E-state index is 12.2. The standard InChI is InChI=1S/C17H17IO5/c1-2-14(18)17(21)23-10-9-22-16(20)13-7-3-6-12-11(13)5-4-8-15(12)19/h3-8,14,19H,2,9-10H2,1H3. The van der Waals surface area contributed by atoms with Crippen LogP contribution in [0.3, 0.4) is 0 Å². The highest BCUT2D eigenvalue weighted by atomic mass is 127. The minimum atomic E-state index is -0.515. The van der Waals surface area contributed by atoms with Gasteiger partial charge in [-0.1, -0.05) is 53.8 Å². The van der Waals surface area contributed by atoms with Gasteiger partial charge in [0.2, 0.25) is 0 Å². The summed E-state index contributed by atoms with van der Waals surface area (Å²) in [5.41, 5.74) is 0.366. The molecular weight excluding hydrogens is 411 g/mol. The van der Waals surface area contributed by atoms with Gasteiger partial charge in [0.05, 0.1) is 5.56 Å². The van der Waals surface area contributed by atoms with E-state index in [-0.39, 0.29) is 28.9 Å². The van der Waals surface area contributed by atoms with Crippen molar-refractivity contribution in [2.24, 2.45) is 0 Å². The Kier molecular flexibility index (Phi) is 6.20. The second kappa shape index (κ2) is 8.14. The molecule has 0 aromatic heterocycles. The maximum Gasteiger partial charge on any atom is 0.338 e. The summed E-state index contributed by atoms with van der Waals surface area (Å²) in [4.78, 5) is 23.7. The van der Waals surface area contributed by atoms with Gasteiger partial charge in [-0.3, -0.25) is 4.79 Å². The number of phenolic OH excluding ortho intramolecular Hbond substituents is 1. The fourth-order valence-corrected chi connectivity index (χ4v) is 2.26. The summed E-state index contributed by atoms with van der Waals surface area (Å²) in [7, 11) is 0. The Labute approximate surface area is 147 Å². The minimum absolute atomic E-state index is 0.00709. The van der Waals surface area contributed by atoms with Crippen LogP contribution in [0.5, 0.6) is 5.75 Å². The van der Waals surface area contributed by atoms with Crippen LogP contribution in [0.4, 0.5) is 0 Å². The molecule has 0 fully saturated rings. The van der Waals surface area contributed by atoms with Crippen LogP contribution in [0.15, 0.2) is 36.4 Å². The number of phenols is 1. The number of ether oxygens (including phenoxy) is 2. The molecule has 0 amide bonds. The van der Waals surface area contributed by atoms with Gasteiger partial charge in [-0.25, -0.2) is 4.79 Å². The van der Waals surface area contributed by atoms with Gasteiger partial charge in [0, 0.05) is 5.39 Å². The third-order valence-electron chi connectivity index (χ3n) is 3.29. The van der Waals surface area contributed by atoms with E-state index >= 15 is 0 Å². The molecule has 2 aromatic rings. The molecule has 122 valence electrons. The molecule has 0 heterocycles. The predicted molar refractivity (Wildman–Crippen MR) is 95.0 cm³/mol. The van der Waals surface area contributed by atoms with E-state index in [1.54, 1.807) is 36.4 Å². The van der Waals surface area contributed by atoms with Crippen LogP contribution >= 0.6 is 22.6 Å². The van der Waals surface area contributed by atoms with E-state index in [1.807, 2.05) is 29.5 Å². The van der Waals surface area contributed by atoms with Crippen molar-refractivity contribution < 1.29 is 24.2 Å². The van der Waals surface area contributed by atoms with E-state index in [1.165, 1.54) is 0 Å². The molecule has 0 radical (unpaired) electrons. The number of hydrogen-bond acceptors (Lipinski definition) is 5. The Morgan fingerprint density at radius 1 is 1.09 bits per heavy atom. The third-order valence-corrected chi connectivity index (χ3v) is 4.68. The van der Waals surface area contributed by atoms with Crippen molar-refractivity contribution in [2.45, 2.75) is 17.3 Å². The second-order valence-electron chi connectivity index (χ2n) is 4.86. The zero-order valence-electron chi connectivity index (χ0n) is 12.6. The maximum absolute atomic E-state index is 12.2. The Morgan fingerprint density at radius 2 is 1.74 bits per heavy atom. The quantitative estimate of drug-likeness (QED) is 0.330. The zero-order chi connectivity index (χ0) is 16.8. The molecule has 2 aromatic carbocycles. The van der Waals surface area contributed by atoms with Gasteiger partial charge in [0.15, 0.2) is 0 Å². The highest BCUT2D eigenvalue weighted by Gasteiger charge is 2.15. The Morgan fingerprint density at radius 3 is 2.48 bits per heavy atom. The molecule has 0 aliphatic heterocycles. The van der Waals surface area contributed by atoms with Crippen molar-refractivity contribution in [1.82, 2.24) is 0 Å². The summed E-state index contributed by atoms with van der Waals surface area (Å²) in [5.74, 6) is -0.711. The molecule has 5 nitrogen and oxygen atoms in total. The normalized spacial score (nSPS) is 11.9. The fourth-order valence-electron chi connectivity index (χ4n) is 2.08. The number of benzene rings is 2. The van der Waals surface area contributed by atoms with E-state index in [0.717, 1.165) is 0 Å². The van der Waals surface area contributed by atoms with Gasteiger partial charge in [-0.2, -0.15) is 0 Å². The Balaban J connectivity index is 1.97. The number of carbonyl (C=O) groups excluding carboxylic acids is 2. The Bertz CT molecular complexity index is 713. The SMILES string of the molecule is CCC(I)C(=O)OCCOC(=O)c1cccc2c(O)cccc12. The highest BCUT2D eigenvalue weighted by molar-refractivity contribution is 14.1. The van der Waals surface area contributed by atoms with Gasteiger partial charge in [0.1, 0.15) is 22.9 Å². The molecule has 1 unspecified atom stereocenters. The van der Waals surface area contributed by atoms with Crippen molar-refractivity contribution in [2.75, 3.05) is 13.2 Å². The topological polar surface area (TPSA) is 72.8 Å². The lowest BCUT2D eigenvalue weighted by atomic mass is 10.0. The third kappa shape index (κ3) is 4.34. The first kappa shape index (κ1) is 17.5. The van der Waals surface area contributed by atoms with Gasteiger partial charge in [-0.15, -0.1) is 0 Å². The lowest BCUT2D eigenvalue weighted by molar-refractivity contribution is -0.143. The van der Waals surface area contributed by atoms with Crippen LogP contribution in [0, 0.1) is 0 Å². The summed E-state index contributed by atoms with van der Waals surface area (Å²) in [5, 5.41) is 11.0. The Hall–Kier alpha value is -1.83. The summed E-state index contributed by atoms with van der Waals surface area (Å²) in [6, 6.07) is 10.0. The van der Waals surface area contributed by atoms with E-state index in [0.29, 0.717) is 22.8 Å². The van der Waals surface area contributed by atoms with E-state index in [2.05, 4.69) is 0 Å². The van der Waals surface area contributed by atoms with Gasteiger partial charge < -0.3 is 14.6 Å². The van der Waals surface area contributed by atoms with Crippen molar-refractivity contribution in [1.29, 1.82) is 0 Å². The molecule has 1 atom stereocenters. The molecule has 2 rings (SSSR count). The first-order valence-corrected chi connectivity index (χ1v) is 8.47. The molecule has 1 N–H and O–H groups in total. The summed E-state index contributed by atoms with van der Waals surface area (Å²) in [6.45, 7) is 1.92. The second-order valence-corrected chi connectivity index (χ2v) is 6.36. The van der Waals surface area contributed by atoms with Crippen molar-refractivity contribution in [3.8, 4) is 5.75 Å². The van der Waals surface area contributed by atoms with E-state index in [9.17, 15) is 14.7 Å². The molecule has 23 heavy (non-hydrogen) atoms. The molecule has 6 heteroatoms. The molecule has 0 spiro atoms. The largest absolute Gasteiger partial charge is 0.507 e. The molecular formula is C17H17IO5. The van der Waals surface area contributed by atoms with Crippen LogP contribution in [-0.2, 0) is 14.3 Å². The van der Waals surface area contributed by atoms with Crippen molar-refractivity contribution in [3.63, 3.8) is 0 Å². The van der Waals surface area contributed by atoms with Crippen LogP contribution in [-0.4, -0.2) is 34.2 Å². The number of carbonyl (C=O) groups is 2. The number of halogens is 1. The molecule has 0 aliphatic rings. The highest BCUT2D eigenvalue weighted by Crippen LogP contribution is 2.27. The van der Waals surface area contributed by atoms with Crippen molar-refractivity contribution in [3.05, 3.63) is 42.0 Å². The number of rotatable bonds is 6. The average molecular weight is 428 g/mol.